The zero-order valence-electron chi connectivity index (χ0n) is 17.8. The highest BCUT2D eigenvalue weighted by molar-refractivity contribution is 9.10. The van der Waals surface area contributed by atoms with Crippen molar-refractivity contribution >= 4 is 61.4 Å². The summed E-state index contributed by atoms with van der Waals surface area (Å²) in [5.74, 6) is -0.507. The lowest BCUT2D eigenvalue weighted by atomic mass is 10.0. The van der Waals surface area contributed by atoms with Crippen molar-refractivity contribution in [2.75, 3.05) is 17.9 Å². The Morgan fingerprint density at radius 3 is 2.47 bits per heavy atom. The predicted octanol–water partition coefficient (Wildman–Crippen LogP) is 6.20. The number of fused-ring (bicyclic) bond motifs is 1. The molecule has 1 aromatic heterocycles. The summed E-state index contributed by atoms with van der Waals surface area (Å²) in [7, 11) is 1.51. The Morgan fingerprint density at radius 1 is 1.18 bits per heavy atom. The number of amides is 1. The molecule has 0 radical (unpaired) electrons. The molecule has 34 heavy (non-hydrogen) atoms. The highest BCUT2D eigenvalue weighted by atomic mass is 79.9. The molecule has 0 spiro atoms. The van der Waals surface area contributed by atoms with E-state index >= 15 is 0 Å². The van der Waals surface area contributed by atoms with Gasteiger partial charge in [0.15, 0.2) is 0 Å². The maximum atomic E-state index is 13.4. The summed E-state index contributed by atoms with van der Waals surface area (Å²) in [4.78, 5) is 12.7. The number of furan rings is 1. The monoisotopic (exact) mass is 564 g/mol. The first-order valence-electron chi connectivity index (χ1n) is 10.2. The molecule has 0 aliphatic rings. The van der Waals surface area contributed by atoms with Crippen LogP contribution in [0.5, 0.6) is 0 Å². The fourth-order valence-electron chi connectivity index (χ4n) is 3.62. The molecular weight excluding hydrogens is 547 g/mol. The quantitative estimate of drug-likeness (QED) is 0.261. The van der Waals surface area contributed by atoms with Gasteiger partial charge < -0.3 is 9.73 Å². The number of carbonyl (C=O) groups is 1. The molecule has 0 fully saturated rings. The van der Waals surface area contributed by atoms with Crippen LogP contribution in [0.2, 0.25) is 5.02 Å². The number of hydrogen-bond acceptors (Lipinski definition) is 3. The van der Waals surface area contributed by atoms with Crippen LogP contribution >= 0.6 is 27.5 Å². The van der Waals surface area contributed by atoms with Gasteiger partial charge in [0.25, 0.3) is 17.2 Å². The lowest BCUT2D eigenvalue weighted by Crippen LogP contribution is -2.28. The maximum absolute atomic E-state index is 13.4. The van der Waals surface area contributed by atoms with Gasteiger partial charge in [0.05, 0.1) is 11.3 Å². The Bertz CT molecular complexity index is 1380. The Hall–Kier alpha value is -2.72. The molecule has 6 nitrogen and oxygen atoms in total. The molecule has 2 N–H and O–H groups in total. The molecule has 176 valence electrons. The standard InChI is InChI=1S/C24H19BrClFN2O4S/c1-28-24(30)22-18-12-19(25)20(13-21(18)33-23(22)15-4-8-17(27)9-5-15)29(34(31)32)11-10-14-2-6-16(26)7-3-14/h2-9,12-13H,10-11H2,1H3,(H,28,30)(H,31,32). The van der Waals surface area contributed by atoms with Gasteiger partial charge in [-0.15, -0.1) is 0 Å². The average molecular weight is 566 g/mol. The van der Waals surface area contributed by atoms with Crippen LogP contribution < -0.4 is 9.62 Å². The van der Waals surface area contributed by atoms with Gasteiger partial charge in [0.2, 0.25) is 0 Å². The van der Waals surface area contributed by atoms with Crippen LogP contribution in [0, 0.1) is 5.82 Å². The van der Waals surface area contributed by atoms with Crippen molar-refractivity contribution in [3.8, 4) is 11.3 Å². The second kappa shape index (κ2) is 10.3. The summed E-state index contributed by atoms with van der Waals surface area (Å²) in [6.07, 6.45) is 0.496. The summed E-state index contributed by atoms with van der Waals surface area (Å²) in [5.41, 5.74) is 2.53. The van der Waals surface area contributed by atoms with Crippen molar-refractivity contribution in [1.29, 1.82) is 0 Å². The Morgan fingerprint density at radius 2 is 1.85 bits per heavy atom. The zero-order chi connectivity index (χ0) is 24.4. The minimum Gasteiger partial charge on any atom is -0.455 e. The van der Waals surface area contributed by atoms with E-state index in [0.29, 0.717) is 38.1 Å². The van der Waals surface area contributed by atoms with Gasteiger partial charge in [0, 0.05) is 40.1 Å². The molecule has 4 rings (SSSR count). The van der Waals surface area contributed by atoms with E-state index in [1.54, 1.807) is 24.3 Å². The number of hydrogen-bond donors (Lipinski definition) is 2. The molecule has 1 amide bonds. The molecule has 1 unspecified atom stereocenters. The maximum Gasteiger partial charge on any atom is 0.261 e. The fourth-order valence-corrected chi connectivity index (χ4v) is 4.98. The summed E-state index contributed by atoms with van der Waals surface area (Å²) >= 11 is 7.09. The molecule has 0 saturated carbocycles. The first-order valence-corrected chi connectivity index (χ1v) is 12.4. The highest BCUT2D eigenvalue weighted by Crippen LogP contribution is 2.39. The number of nitrogens with one attached hydrogen (secondary N) is 1. The molecule has 0 saturated heterocycles. The molecule has 0 bridgehead atoms. The third kappa shape index (κ3) is 5.02. The van der Waals surface area contributed by atoms with Crippen molar-refractivity contribution in [2.24, 2.45) is 0 Å². The van der Waals surface area contributed by atoms with Gasteiger partial charge in [-0.1, -0.05) is 23.7 Å². The number of benzene rings is 3. The summed E-state index contributed by atoms with van der Waals surface area (Å²) in [5, 5.41) is 3.72. The van der Waals surface area contributed by atoms with E-state index in [1.165, 1.54) is 35.6 Å². The van der Waals surface area contributed by atoms with E-state index in [4.69, 9.17) is 16.0 Å². The number of carbonyl (C=O) groups excluding carboxylic acids is 1. The van der Waals surface area contributed by atoms with E-state index in [1.807, 2.05) is 12.1 Å². The van der Waals surface area contributed by atoms with E-state index in [9.17, 15) is 17.9 Å². The molecular formula is C24H19BrClFN2O4S. The molecule has 0 aliphatic heterocycles. The van der Waals surface area contributed by atoms with Gasteiger partial charge in [0.1, 0.15) is 17.2 Å². The first-order chi connectivity index (χ1) is 16.3. The number of halogens is 3. The minimum absolute atomic E-state index is 0.239. The van der Waals surface area contributed by atoms with Crippen LogP contribution in [0.3, 0.4) is 0 Å². The van der Waals surface area contributed by atoms with Crippen molar-refractivity contribution in [2.45, 2.75) is 6.42 Å². The van der Waals surface area contributed by atoms with Crippen molar-refractivity contribution < 1.29 is 22.4 Å². The lowest BCUT2D eigenvalue weighted by Gasteiger charge is -2.21. The molecule has 10 heteroatoms. The Kier molecular flexibility index (Phi) is 7.37. The smallest absolute Gasteiger partial charge is 0.261 e. The van der Waals surface area contributed by atoms with E-state index in [2.05, 4.69) is 21.2 Å². The predicted molar refractivity (Wildman–Crippen MR) is 136 cm³/mol. The zero-order valence-corrected chi connectivity index (χ0v) is 21.0. The van der Waals surface area contributed by atoms with Gasteiger partial charge in [-0.05, 0) is 70.4 Å². The SMILES string of the molecule is CNC(=O)c1c(-c2ccc(F)cc2)oc2cc(N(CCc3ccc(Cl)cc3)S(=O)O)c(Br)cc12. The van der Waals surface area contributed by atoms with Crippen LogP contribution in [0.25, 0.3) is 22.3 Å². The average Bonchev–Trinajstić information content (AvgIpc) is 3.18. The molecule has 4 aromatic rings. The van der Waals surface area contributed by atoms with Gasteiger partial charge >= 0.3 is 0 Å². The van der Waals surface area contributed by atoms with Gasteiger partial charge in [-0.3, -0.25) is 13.7 Å². The summed E-state index contributed by atoms with van der Waals surface area (Å²) < 4.78 is 43.5. The first kappa shape index (κ1) is 24.4. The van der Waals surface area contributed by atoms with E-state index in [-0.39, 0.29) is 23.8 Å². The van der Waals surface area contributed by atoms with Crippen LogP contribution in [0.1, 0.15) is 15.9 Å². The second-order valence-corrected chi connectivity index (χ2v) is 9.59. The molecule has 3 aromatic carbocycles. The number of nitrogens with zero attached hydrogens (tertiary/aromatic N) is 1. The molecule has 0 aliphatic carbocycles. The van der Waals surface area contributed by atoms with Crippen LogP contribution in [-0.2, 0) is 17.7 Å². The Balaban J connectivity index is 1.78. The van der Waals surface area contributed by atoms with Crippen molar-refractivity contribution in [3.05, 3.63) is 87.1 Å². The molecule has 1 heterocycles. The highest BCUT2D eigenvalue weighted by Gasteiger charge is 2.25. The van der Waals surface area contributed by atoms with E-state index in [0.717, 1.165) is 5.56 Å². The lowest BCUT2D eigenvalue weighted by molar-refractivity contribution is 0.0964. The third-order valence-corrected chi connectivity index (χ3v) is 6.94. The number of rotatable bonds is 7. The van der Waals surface area contributed by atoms with Gasteiger partial charge in [-0.25, -0.2) is 8.60 Å². The van der Waals surface area contributed by atoms with Crippen LogP contribution in [0.4, 0.5) is 10.1 Å². The largest absolute Gasteiger partial charge is 0.455 e. The topological polar surface area (TPSA) is 82.8 Å². The minimum atomic E-state index is -2.32. The van der Waals surface area contributed by atoms with Crippen LogP contribution in [-0.4, -0.2) is 28.3 Å². The van der Waals surface area contributed by atoms with E-state index < -0.39 is 17.1 Å². The fraction of sp³-hybridized carbons (Fsp3) is 0.125. The second-order valence-electron chi connectivity index (χ2n) is 7.40. The number of anilines is 1. The van der Waals surface area contributed by atoms with Crippen molar-refractivity contribution in [1.82, 2.24) is 5.32 Å². The molecule has 1 atom stereocenters. The summed E-state index contributed by atoms with van der Waals surface area (Å²) in [6, 6.07) is 16.1. The third-order valence-electron chi connectivity index (χ3n) is 5.29. The normalized spacial score (nSPS) is 12.0. The van der Waals surface area contributed by atoms with Crippen LogP contribution in [0.15, 0.2) is 69.6 Å². The Labute approximate surface area is 211 Å². The summed E-state index contributed by atoms with van der Waals surface area (Å²) in [6.45, 7) is 0.239. The van der Waals surface area contributed by atoms with Crippen molar-refractivity contribution in [3.63, 3.8) is 0 Å². The van der Waals surface area contributed by atoms with Gasteiger partial charge in [-0.2, -0.15) is 0 Å².